The van der Waals surface area contributed by atoms with Crippen molar-refractivity contribution in [2.24, 2.45) is 0 Å². The molecule has 124 valence electrons. The van der Waals surface area contributed by atoms with Crippen molar-refractivity contribution in [1.29, 1.82) is 0 Å². The lowest BCUT2D eigenvalue weighted by Gasteiger charge is -2.15. The largest absolute Gasteiger partial charge is 0.416 e. The molecule has 1 N–H and O–H groups in total. The predicted molar refractivity (Wildman–Crippen MR) is 83.3 cm³/mol. The van der Waals surface area contributed by atoms with Gasteiger partial charge in [-0.1, -0.05) is 6.07 Å². The van der Waals surface area contributed by atoms with E-state index in [4.69, 9.17) is 0 Å². The zero-order valence-electron chi connectivity index (χ0n) is 12.1. The van der Waals surface area contributed by atoms with E-state index in [1.165, 1.54) is 19.1 Å². The molecular formula is C15H14F3NO2S2. The van der Waals surface area contributed by atoms with Crippen molar-refractivity contribution in [2.75, 3.05) is 4.72 Å². The molecule has 1 aromatic carbocycles. The Labute approximate surface area is 136 Å². The van der Waals surface area contributed by atoms with Gasteiger partial charge in [-0.3, -0.25) is 4.72 Å². The molecular weight excluding hydrogens is 347 g/mol. The summed E-state index contributed by atoms with van der Waals surface area (Å²) in [5, 5.41) is 1.70. The standard InChI is InChI=1S/C15H14F3NO2S2/c1-9-12(15(16,17)18)3-2-4-13(9)19-23(20,21)14-11(7-8-22-14)10-5-6-10/h2-4,7-8,10,19H,5-6H2,1H3. The Morgan fingerprint density at radius 2 is 1.91 bits per heavy atom. The van der Waals surface area contributed by atoms with Gasteiger partial charge >= 0.3 is 6.18 Å². The molecule has 1 aliphatic rings. The summed E-state index contributed by atoms with van der Waals surface area (Å²) in [5.41, 5.74) is -0.262. The summed E-state index contributed by atoms with van der Waals surface area (Å²) in [5.74, 6) is 0.246. The third-order valence-electron chi connectivity index (χ3n) is 3.80. The zero-order chi connectivity index (χ0) is 16.8. The Morgan fingerprint density at radius 3 is 2.52 bits per heavy atom. The summed E-state index contributed by atoms with van der Waals surface area (Å²) in [4.78, 5) is 0. The fourth-order valence-electron chi connectivity index (χ4n) is 2.47. The van der Waals surface area contributed by atoms with Gasteiger partial charge in [-0.25, -0.2) is 8.42 Å². The predicted octanol–water partition coefficient (Wildman–Crippen LogP) is 4.75. The van der Waals surface area contributed by atoms with E-state index in [2.05, 4.69) is 4.72 Å². The smallest absolute Gasteiger partial charge is 0.279 e. The Morgan fingerprint density at radius 1 is 1.22 bits per heavy atom. The van der Waals surface area contributed by atoms with Gasteiger partial charge in [0.2, 0.25) is 0 Å². The van der Waals surface area contributed by atoms with Gasteiger partial charge in [0.1, 0.15) is 4.21 Å². The molecule has 1 aliphatic carbocycles. The molecule has 23 heavy (non-hydrogen) atoms. The fourth-order valence-corrected chi connectivity index (χ4v) is 5.12. The van der Waals surface area contributed by atoms with E-state index in [9.17, 15) is 21.6 Å². The normalized spacial score (nSPS) is 15.7. The van der Waals surface area contributed by atoms with E-state index in [1.807, 2.05) is 0 Å². The number of anilines is 1. The van der Waals surface area contributed by atoms with Crippen LogP contribution in [-0.4, -0.2) is 8.42 Å². The minimum absolute atomic E-state index is 0.0463. The summed E-state index contributed by atoms with van der Waals surface area (Å²) in [6.45, 7) is 1.26. The third kappa shape index (κ3) is 3.23. The number of halogens is 3. The van der Waals surface area contributed by atoms with Crippen LogP contribution in [0.4, 0.5) is 18.9 Å². The van der Waals surface area contributed by atoms with E-state index in [-0.39, 0.29) is 21.4 Å². The molecule has 0 spiro atoms. The maximum absolute atomic E-state index is 12.9. The number of nitrogens with one attached hydrogen (secondary N) is 1. The second kappa shape index (κ2) is 5.52. The van der Waals surface area contributed by atoms with Crippen molar-refractivity contribution in [1.82, 2.24) is 0 Å². The monoisotopic (exact) mass is 361 g/mol. The van der Waals surface area contributed by atoms with Crippen molar-refractivity contribution in [3.05, 3.63) is 46.3 Å². The van der Waals surface area contributed by atoms with Crippen molar-refractivity contribution in [2.45, 2.75) is 36.1 Å². The average molecular weight is 361 g/mol. The van der Waals surface area contributed by atoms with Crippen molar-refractivity contribution >= 4 is 27.0 Å². The molecule has 0 atom stereocenters. The van der Waals surface area contributed by atoms with E-state index in [1.54, 1.807) is 11.4 Å². The number of rotatable bonds is 4. The molecule has 1 heterocycles. The van der Waals surface area contributed by atoms with Crippen LogP contribution in [0.2, 0.25) is 0 Å². The van der Waals surface area contributed by atoms with Crippen molar-refractivity contribution in [3.8, 4) is 0 Å². The molecule has 0 saturated heterocycles. The summed E-state index contributed by atoms with van der Waals surface area (Å²) in [6.07, 6.45) is -2.63. The molecule has 3 nitrogen and oxygen atoms in total. The van der Waals surface area contributed by atoms with E-state index >= 15 is 0 Å². The number of hydrogen-bond donors (Lipinski definition) is 1. The number of benzene rings is 1. The molecule has 0 bridgehead atoms. The van der Waals surface area contributed by atoms with E-state index < -0.39 is 21.8 Å². The molecule has 8 heteroatoms. The van der Waals surface area contributed by atoms with Gasteiger partial charge in [0.25, 0.3) is 10.0 Å². The van der Waals surface area contributed by atoms with Crippen LogP contribution in [0.25, 0.3) is 0 Å². The van der Waals surface area contributed by atoms with Gasteiger partial charge < -0.3 is 0 Å². The molecule has 0 unspecified atom stereocenters. The number of thiophene rings is 1. The van der Waals surface area contributed by atoms with Crippen LogP contribution in [0.1, 0.15) is 35.4 Å². The van der Waals surface area contributed by atoms with Crippen LogP contribution in [0, 0.1) is 6.92 Å². The van der Waals surface area contributed by atoms with Gasteiger partial charge in [0.05, 0.1) is 11.3 Å². The second-order valence-corrected chi connectivity index (χ2v) is 8.31. The second-order valence-electron chi connectivity index (χ2n) is 5.52. The van der Waals surface area contributed by atoms with Gasteiger partial charge in [-0.2, -0.15) is 13.2 Å². The average Bonchev–Trinajstić information content (AvgIpc) is 3.16. The highest BCUT2D eigenvalue weighted by atomic mass is 32.2. The Hall–Kier alpha value is -1.54. The van der Waals surface area contributed by atoms with Gasteiger partial charge in [-0.05, 0) is 60.4 Å². The molecule has 0 radical (unpaired) electrons. The number of sulfonamides is 1. The summed E-state index contributed by atoms with van der Waals surface area (Å²) in [6, 6.07) is 5.25. The fraction of sp³-hybridized carbons (Fsp3) is 0.333. The highest BCUT2D eigenvalue weighted by molar-refractivity contribution is 7.94. The molecule has 3 rings (SSSR count). The highest BCUT2D eigenvalue weighted by Gasteiger charge is 2.34. The first-order chi connectivity index (χ1) is 10.7. The molecule has 2 aromatic rings. The summed E-state index contributed by atoms with van der Waals surface area (Å²) >= 11 is 1.09. The zero-order valence-corrected chi connectivity index (χ0v) is 13.8. The summed E-state index contributed by atoms with van der Waals surface area (Å²) in [7, 11) is -3.89. The molecule has 1 aromatic heterocycles. The van der Waals surface area contributed by atoms with Crippen molar-refractivity contribution < 1.29 is 21.6 Å². The maximum atomic E-state index is 12.9. The SMILES string of the molecule is Cc1c(NS(=O)(=O)c2sccc2C2CC2)cccc1C(F)(F)F. The lowest BCUT2D eigenvalue weighted by atomic mass is 10.1. The maximum Gasteiger partial charge on any atom is 0.416 e. The lowest BCUT2D eigenvalue weighted by molar-refractivity contribution is -0.138. The van der Waals surface area contributed by atoms with Crippen molar-refractivity contribution in [3.63, 3.8) is 0 Å². The van der Waals surface area contributed by atoms with Gasteiger partial charge in [-0.15, -0.1) is 11.3 Å². The molecule has 1 fully saturated rings. The Kier molecular flexibility index (Phi) is 3.92. The van der Waals surface area contributed by atoms with E-state index in [0.717, 1.165) is 35.8 Å². The first-order valence-corrected chi connectivity index (χ1v) is 9.33. The Balaban J connectivity index is 1.97. The van der Waals surface area contributed by atoms with Crippen LogP contribution >= 0.6 is 11.3 Å². The number of alkyl halides is 3. The van der Waals surface area contributed by atoms with Gasteiger partial charge in [0.15, 0.2) is 0 Å². The third-order valence-corrected chi connectivity index (χ3v) is 6.68. The van der Waals surface area contributed by atoms with Crippen LogP contribution in [0.15, 0.2) is 33.9 Å². The summed E-state index contributed by atoms with van der Waals surface area (Å²) < 4.78 is 66.4. The van der Waals surface area contributed by atoms with Crippen LogP contribution in [-0.2, 0) is 16.2 Å². The lowest BCUT2D eigenvalue weighted by Crippen LogP contribution is -2.16. The van der Waals surface area contributed by atoms with Crippen LogP contribution in [0.3, 0.4) is 0 Å². The molecule has 0 aliphatic heterocycles. The first kappa shape index (κ1) is 16.3. The van der Waals surface area contributed by atoms with E-state index in [0.29, 0.717) is 0 Å². The highest BCUT2D eigenvalue weighted by Crippen LogP contribution is 2.45. The molecule has 0 amide bonds. The first-order valence-electron chi connectivity index (χ1n) is 6.97. The Bertz CT molecular complexity index is 837. The topological polar surface area (TPSA) is 46.2 Å². The molecule has 1 saturated carbocycles. The quantitative estimate of drug-likeness (QED) is 0.854. The van der Waals surface area contributed by atoms with Gasteiger partial charge in [0, 0.05) is 0 Å². The van der Waals surface area contributed by atoms with Crippen LogP contribution in [0.5, 0.6) is 0 Å². The minimum atomic E-state index is -4.52. The minimum Gasteiger partial charge on any atom is -0.279 e. The number of hydrogen-bond acceptors (Lipinski definition) is 3. The van der Waals surface area contributed by atoms with Crippen LogP contribution < -0.4 is 4.72 Å².